The molecule has 0 atom stereocenters. The Bertz CT molecular complexity index is 963. The molecule has 0 aromatic heterocycles. The summed E-state index contributed by atoms with van der Waals surface area (Å²) in [5, 5.41) is 9.09. The summed E-state index contributed by atoms with van der Waals surface area (Å²) in [6, 6.07) is 15.2. The highest BCUT2D eigenvalue weighted by Crippen LogP contribution is 2.41. The molecule has 3 heteroatoms. The molecule has 0 unspecified atom stereocenters. The highest BCUT2D eigenvalue weighted by atomic mass is 16.5. The summed E-state index contributed by atoms with van der Waals surface area (Å²) in [5.41, 5.74) is 5.84. The molecule has 0 amide bonds. The number of rotatable bonds is 11. The van der Waals surface area contributed by atoms with E-state index in [1.54, 1.807) is 0 Å². The Labute approximate surface area is 218 Å². The first-order valence-electron chi connectivity index (χ1n) is 14.3. The van der Waals surface area contributed by atoms with Gasteiger partial charge in [0, 0.05) is 12.7 Å². The quantitative estimate of drug-likeness (QED) is 0.259. The normalized spacial score (nSPS) is 20.7. The molecule has 0 heterocycles. The Balaban J connectivity index is 1.38. The van der Waals surface area contributed by atoms with Crippen LogP contribution < -0.4 is 0 Å². The first-order chi connectivity index (χ1) is 17.7. The lowest BCUT2D eigenvalue weighted by Crippen LogP contribution is -2.23. The average Bonchev–Trinajstić information content (AvgIpc) is 2.94. The van der Waals surface area contributed by atoms with Gasteiger partial charge in [-0.3, -0.25) is 0 Å². The summed E-state index contributed by atoms with van der Waals surface area (Å²) in [4.78, 5) is 11.8. The zero-order chi connectivity index (χ0) is 25.2. The minimum absolute atomic E-state index is 0.212. The third-order valence-corrected chi connectivity index (χ3v) is 8.64. The van der Waals surface area contributed by atoms with Gasteiger partial charge in [-0.2, -0.15) is 0 Å². The van der Waals surface area contributed by atoms with Crippen molar-refractivity contribution in [1.82, 2.24) is 0 Å². The van der Waals surface area contributed by atoms with Crippen molar-refractivity contribution < 1.29 is 14.6 Å². The number of esters is 1. The van der Waals surface area contributed by atoms with Gasteiger partial charge in [-0.1, -0.05) is 94.0 Å². The molecule has 36 heavy (non-hydrogen) atoms. The Morgan fingerprint density at radius 3 is 2.28 bits per heavy atom. The third-order valence-electron chi connectivity index (χ3n) is 8.64. The van der Waals surface area contributed by atoms with Gasteiger partial charge in [-0.05, 0) is 84.1 Å². The van der Waals surface area contributed by atoms with Crippen LogP contribution in [0.25, 0.3) is 11.1 Å². The van der Waals surface area contributed by atoms with Crippen LogP contribution in [0.4, 0.5) is 0 Å². The zero-order valence-electron chi connectivity index (χ0n) is 21.9. The summed E-state index contributed by atoms with van der Waals surface area (Å²) in [6.07, 6.45) is 18.2. The minimum Gasteiger partial charge on any atom is -0.458 e. The Hall–Kier alpha value is -2.39. The van der Waals surface area contributed by atoms with E-state index in [0.29, 0.717) is 0 Å². The van der Waals surface area contributed by atoms with Crippen molar-refractivity contribution >= 4 is 5.97 Å². The van der Waals surface area contributed by atoms with Crippen LogP contribution >= 0.6 is 0 Å². The lowest BCUT2D eigenvalue weighted by molar-refractivity contribution is -0.138. The number of aryl methyl sites for hydroxylation is 2. The molecule has 2 aromatic rings. The van der Waals surface area contributed by atoms with E-state index in [2.05, 4.69) is 49.0 Å². The number of aliphatic hydroxyl groups is 1. The van der Waals surface area contributed by atoms with Gasteiger partial charge >= 0.3 is 5.97 Å². The molecular formula is C33H44O3. The predicted octanol–water partition coefficient (Wildman–Crippen LogP) is 7.83. The number of hydrogen-bond acceptors (Lipinski definition) is 3. The van der Waals surface area contributed by atoms with Crippen molar-refractivity contribution in [2.75, 3.05) is 6.61 Å². The van der Waals surface area contributed by atoms with Crippen LogP contribution in [0, 0.1) is 17.8 Å². The molecule has 0 aliphatic heterocycles. The fourth-order valence-electron chi connectivity index (χ4n) is 6.47. The molecule has 0 saturated heterocycles. The van der Waals surface area contributed by atoms with Crippen LogP contribution in [0.2, 0.25) is 0 Å². The first kappa shape index (κ1) is 26.7. The van der Waals surface area contributed by atoms with Crippen molar-refractivity contribution in [1.29, 1.82) is 0 Å². The number of ether oxygens (including phenoxy) is 1. The highest BCUT2D eigenvalue weighted by Gasteiger charge is 2.28. The number of carbonyl (C=O) groups is 1. The summed E-state index contributed by atoms with van der Waals surface area (Å²) >= 11 is 0. The number of carbonyl (C=O) groups excluding carboxylic acids is 1. The molecule has 2 saturated carbocycles. The molecule has 2 aliphatic carbocycles. The molecule has 4 rings (SSSR count). The fraction of sp³-hybridized carbons (Fsp3) is 0.545. The van der Waals surface area contributed by atoms with E-state index in [9.17, 15) is 4.79 Å². The summed E-state index contributed by atoms with van der Waals surface area (Å²) < 4.78 is 5.45. The van der Waals surface area contributed by atoms with Gasteiger partial charge in [0.2, 0.25) is 0 Å². The van der Waals surface area contributed by atoms with Crippen molar-refractivity contribution in [3.63, 3.8) is 0 Å². The van der Waals surface area contributed by atoms with Crippen LogP contribution in [0.1, 0.15) is 87.3 Å². The van der Waals surface area contributed by atoms with Gasteiger partial charge in [-0.25, -0.2) is 4.79 Å². The van der Waals surface area contributed by atoms with E-state index in [1.807, 2.05) is 0 Å². The molecule has 0 bridgehead atoms. The SMILES string of the molecule is C=CC(=O)OCc1cc(CCC2CCC(C3CCCCC3)CC2)ccc1-c1ccc(CCCO)cc1. The fourth-order valence-corrected chi connectivity index (χ4v) is 6.47. The van der Waals surface area contributed by atoms with Gasteiger partial charge in [-0.15, -0.1) is 0 Å². The van der Waals surface area contributed by atoms with Crippen molar-refractivity contribution in [3.05, 3.63) is 71.8 Å². The number of benzene rings is 2. The van der Waals surface area contributed by atoms with Crippen molar-refractivity contribution in [2.45, 2.75) is 90.1 Å². The number of aliphatic hydroxyl groups excluding tert-OH is 1. The molecule has 194 valence electrons. The van der Waals surface area contributed by atoms with E-state index in [0.717, 1.165) is 53.7 Å². The molecule has 2 aromatic carbocycles. The molecule has 2 fully saturated rings. The monoisotopic (exact) mass is 488 g/mol. The molecule has 0 spiro atoms. The van der Waals surface area contributed by atoms with E-state index in [1.165, 1.54) is 81.4 Å². The van der Waals surface area contributed by atoms with Crippen LogP contribution in [-0.2, 0) is 29.0 Å². The van der Waals surface area contributed by atoms with Gasteiger partial charge in [0.1, 0.15) is 6.61 Å². The van der Waals surface area contributed by atoms with Gasteiger partial charge in [0.15, 0.2) is 0 Å². The van der Waals surface area contributed by atoms with Gasteiger partial charge in [0.05, 0.1) is 0 Å². The highest BCUT2D eigenvalue weighted by molar-refractivity contribution is 5.81. The third kappa shape index (κ3) is 7.56. The predicted molar refractivity (Wildman–Crippen MR) is 148 cm³/mol. The second kappa shape index (κ2) is 13.8. The standard InChI is InChI=1S/C33H44O3/c1-2-33(35)36-24-31-23-27(16-21-32(31)30-19-14-25(15-20-30)7-6-22-34)11-10-26-12-17-29(18-13-26)28-8-4-3-5-9-28/h2,14-16,19-21,23,26,28-29,34H,1,3-13,17-18,22,24H2. The van der Waals surface area contributed by atoms with E-state index in [-0.39, 0.29) is 19.2 Å². The Morgan fingerprint density at radius 2 is 1.58 bits per heavy atom. The molecule has 0 radical (unpaired) electrons. The summed E-state index contributed by atoms with van der Waals surface area (Å²) in [5.74, 6) is 2.46. The summed E-state index contributed by atoms with van der Waals surface area (Å²) in [6.45, 7) is 4.00. The van der Waals surface area contributed by atoms with Gasteiger partial charge in [0.25, 0.3) is 0 Å². The number of hydrogen-bond donors (Lipinski definition) is 1. The maximum atomic E-state index is 11.8. The van der Waals surface area contributed by atoms with Crippen LogP contribution in [0.3, 0.4) is 0 Å². The van der Waals surface area contributed by atoms with E-state index in [4.69, 9.17) is 9.84 Å². The van der Waals surface area contributed by atoms with Crippen LogP contribution in [-0.4, -0.2) is 17.7 Å². The second-order valence-corrected chi connectivity index (χ2v) is 11.0. The van der Waals surface area contributed by atoms with Crippen molar-refractivity contribution in [2.24, 2.45) is 17.8 Å². The largest absolute Gasteiger partial charge is 0.458 e. The molecule has 2 aliphatic rings. The summed E-state index contributed by atoms with van der Waals surface area (Å²) in [7, 11) is 0. The first-order valence-corrected chi connectivity index (χ1v) is 14.3. The van der Waals surface area contributed by atoms with E-state index < -0.39 is 0 Å². The van der Waals surface area contributed by atoms with E-state index >= 15 is 0 Å². The molecule has 3 nitrogen and oxygen atoms in total. The smallest absolute Gasteiger partial charge is 0.330 e. The molecular weight excluding hydrogens is 444 g/mol. The van der Waals surface area contributed by atoms with Gasteiger partial charge < -0.3 is 9.84 Å². The maximum Gasteiger partial charge on any atom is 0.330 e. The Kier molecular flexibility index (Phi) is 10.2. The average molecular weight is 489 g/mol. The zero-order valence-corrected chi connectivity index (χ0v) is 21.9. The molecule has 1 N–H and O–H groups in total. The van der Waals surface area contributed by atoms with Crippen molar-refractivity contribution in [3.8, 4) is 11.1 Å². The lowest BCUT2D eigenvalue weighted by Gasteiger charge is -2.36. The van der Waals surface area contributed by atoms with Crippen LogP contribution in [0.15, 0.2) is 55.1 Å². The van der Waals surface area contributed by atoms with Crippen LogP contribution in [0.5, 0.6) is 0 Å². The topological polar surface area (TPSA) is 46.5 Å². The maximum absolute atomic E-state index is 11.8. The minimum atomic E-state index is -0.388. The lowest BCUT2D eigenvalue weighted by atomic mass is 9.70. The second-order valence-electron chi connectivity index (χ2n) is 11.0. The Morgan fingerprint density at radius 1 is 0.889 bits per heavy atom.